The first-order chi connectivity index (χ1) is 13.1. The van der Waals surface area contributed by atoms with E-state index in [1.807, 2.05) is 0 Å². The van der Waals surface area contributed by atoms with E-state index in [0.29, 0.717) is 5.56 Å². The molecule has 0 aliphatic rings. The Bertz CT molecular complexity index is 930. The smallest absolute Gasteiger partial charge is 0.422 e. The molecule has 0 aliphatic heterocycles. The molecule has 2 aromatic rings. The molecule has 0 aliphatic carbocycles. The fourth-order valence-electron chi connectivity index (χ4n) is 2.27. The van der Waals surface area contributed by atoms with Crippen LogP contribution in [0.3, 0.4) is 0 Å². The summed E-state index contributed by atoms with van der Waals surface area (Å²) in [6.45, 7) is 0.480. The van der Waals surface area contributed by atoms with E-state index >= 15 is 0 Å². The van der Waals surface area contributed by atoms with Crippen LogP contribution < -0.4 is 14.8 Å². The lowest BCUT2D eigenvalue weighted by Gasteiger charge is -2.11. The number of amides is 1. The van der Waals surface area contributed by atoms with Gasteiger partial charge in [0.15, 0.2) is 6.61 Å². The molecule has 0 spiro atoms. The Morgan fingerprint density at radius 3 is 2.50 bits per heavy atom. The van der Waals surface area contributed by atoms with Crippen molar-refractivity contribution in [3.8, 4) is 5.75 Å². The van der Waals surface area contributed by atoms with E-state index in [4.69, 9.17) is 0 Å². The number of halogens is 3. The minimum atomic E-state index is -4.44. The summed E-state index contributed by atoms with van der Waals surface area (Å²) in [7, 11) is -3.70. The average molecular weight is 416 g/mol. The number of nitrogens with one attached hydrogen (secondary N) is 2. The van der Waals surface area contributed by atoms with E-state index < -0.39 is 28.7 Å². The maximum atomic E-state index is 12.3. The third kappa shape index (κ3) is 6.54. The third-order valence-corrected chi connectivity index (χ3v) is 5.04. The van der Waals surface area contributed by atoms with Crippen LogP contribution in [-0.2, 0) is 16.6 Å². The van der Waals surface area contributed by atoms with E-state index in [1.54, 1.807) is 13.0 Å². The molecule has 6 nitrogen and oxygen atoms in total. The number of carbonyl (C=O) groups is 1. The molecule has 0 heterocycles. The highest BCUT2D eigenvalue weighted by Crippen LogP contribution is 2.19. The minimum Gasteiger partial charge on any atom is -0.484 e. The molecule has 152 valence electrons. The minimum absolute atomic E-state index is 0.0304. The molecule has 0 unspecified atom stereocenters. The van der Waals surface area contributed by atoms with Crippen LogP contribution >= 0.6 is 0 Å². The molecule has 1 amide bonds. The van der Waals surface area contributed by atoms with Gasteiger partial charge in [-0.2, -0.15) is 13.2 Å². The fourth-order valence-corrected chi connectivity index (χ4v) is 3.36. The van der Waals surface area contributed by atoms with Crippen LogP contribution in [0.25, 0.3) is 0 Å². The first kappa shape index (κ1) is 21.7. The molecular weight excluding hydrogens is 397 g/mol. The monoisotopic (exact) mass is 416 g/mol. The van der Waals surface area contributed by atoms with Crippen molar-refractivity contribution in [3.05, 3.63) is 59.7 Å². The lowest BCUT2D eigenvalue weighted by atomic mass is 10.2. The maximum absolute atomic E-state index is 12.3. The Morgan fingerprint density at radius 1 is 1.11 bits per heavy atom. The second kappa shape index (κ2) is 9.07. The Hall–Kier alpha value is -2.59. The van der Waals surface area contributed by atoms with Gasteiger partial charge in [-0.15, -0.1) is 0 Å². The number of benzene rings is 2. The fraction of sp³-hybridized carbons (Fsp3) is 0.278. The van der Waals surface area contributed by atoms with E-state index in [9.17, 15) is 26.4 Å². The van der Waals surface area contributed by atoms with Crippen molar-refractivity contribution < 1.29 is 31.1 Å². The molecule has 0 bridgehead atoms. The molecular formula is C18H19F3N2O4S. The van der Waals surface area contributed by atoms with Gasteiger partial charge in [0.25, 0.3) is 5.91 Å². The Morgan fingerprint density at radius 2 is 1.82 bits per heavy atom. The first-order valence-corrected chi connectivity index (χ1v) is 9.75. The van der Waals surface area contributed by atoms with Gasteiger partial charge in [-0.05, 0) is 35.9 Å². The molecule has 2 N–H and O–H groups in total. The lowest BCUT2D eigenvalue weighted by Crippen LogP contribution is -2.25. The van der Waals surface area contributed by atoms with Gasteiger partial charge >= 0.3 is 6.18 Å². The van der Waals surface area contributed by atoms with E-state index in [-0.39, 0.29) is 29.3 Å². The molecule has 28 heavy (non-hydrogen) atoms. The Labute approximate surface area is 160 Å². The number of hydrogen-bond donors (Lipinski definition) is 2. The SMILES string of the molecule is CCNS(=O)(=O)c1cccc(C(=O)NCc2cccc(OCC(F)(F)F)c2)c1. The summed E-state index contributed by atoms with van der Waals surface area (Å²) in [5.41, 5.74) is 0.674. The van der Waals surface area contributed by atoms with Gasteiger partial charge in [-0.1, -0.05) is 25.1 Å². The molecule has 0 aromatic heterocycles. The molecule has 0 atom stereocenters. The summed E-state index contributed by atoms with van der Waals surface area (Å²) in [5.74, 6) is -0.488. The number of hydrogen-bond acceptors (Lipinski definition) is 4. The summed E-state index contributed by atoms with van der Waals surface area (Å²) < 4.78 is 67.7. The van der Waals surface area contributed by atoms with Crippen LogP contribution in [0.2, 0.25) is 0 Å². The van der Waals surface area contributed by atoms with E-state index in [1.165, 1.54) is 42.5 Å². The van der Waals surface area contributed by atoms with Crippen molar-refractivity contribution in [1.82, 2.24) is 10.0 Å². The predicted molar refractivity (Wildman–Crippen MR) is 96.5 cm³/mol. The second-order valence-corrected chi connectivity index (χ2v) is 7.53. The quantitative estimate of drug-likeness (QED) is 0.693. The predicted octanol–water partition coefficient (Wildman–Crippen LogP) is 2.86. The third-order valence-electron chi connectivity index (χ3n) is 3.49. The van der Waals surface area contributed by atoms with Crippen molar-refractivity contribution >= 4 is 15.9 Å². The van der Waals surface area contributed by atoms with Crippen molar-refractivity contribution in [3.63, 3.8) is 0 Å². The summed E-state index contributed by atoms with van der Waals surface area (Å²) >= 11 is 0. The standard InChI is InChI=1S/C18H19F3N2O4S/c1-2-23-28(25,26)16-8-4-6-14(10-16)17(24)22-11-13-5-3-7-15(9-13)27-12-18(19,20)21/h3-10,23H,2,11-12H2,1H3,(H,22,24). The van der Waals surface area contributed by atoms with Crippen LogP contribution in [0, 0.1) is 0 Å². The summed E-state index contributed by atoms with van der Waals surface area (Å²) in [6, 6.07) is 11.4. The highest BCUT2D eigenvalue weighted by atomic mass is 32.2. The number of ether oxygens (including phenoxy) is 1. The number of sulfonamides is 1. The van der Waals surface area contributed by atoms with Crippen molar-refractivity contribution in [2.24, 2.45) is 0 Å². The number of carbonyl (C=O) groups excluding carboxylic acids is 1. The van der Waals surface area contributed by atoms with Gasteiger partial charge < -0.3 is 10.1 Å². The highest BCUT2D eigenvalue weighted by molar-refractivity contribution is 7.89. The highest BCUT2D eigenvalue weighted by Gasteiger charge is 2.28. The van der Waals surface area contributed by atoms with Crippen LogP contribution in [0.4, 0.5) is 13.2 Å². The van der Waals surface area contributed by atoms with Crippen LogP contribution in [0.15, 0.2) is 53.4 Å². The van der Waals surface area contributed by atoms with Crippen molar-refractivity contribution in [2.45, 2.75) is 24.5 Å². The average Bonchev–Trinajstić information content (AvgIpc) is 2.64. The lowest BCUT2D eigenvalue weighted by molar-refractivity contribution is -0.153. The summed E-state index contributed by atoms with van der Waals surface area (Å²) in [5, 5.41) is 2.59. The molecule has 10 heteroatoms. The van der Waals surface area contributed by atoms with Crippen LogP contribution in [-0.4, -0.2) is 33.7 Å². The second-order valence-electron chi connectivity index (χ2n) is 5.76. The zero-order valence-corrected chi connectivity index (χ0v) is 15.7. The topological polar surface area (TPSA) is 84.5 Å². The first-order valence-electron chi connectivity index (χ1n) is 8.27. The summed E-state index contributed by atoms with van der Waals surface area (Å²) in [4.78, 5) is 12.3. The molecule has 2 rings (SSSR count). The maximum Gasteiger partial charge on any atom is 0.422 e. The molecule has 0 saturated carbocycles. The Balaban J connectivity index is 2.03. The van der Waals surface area contributed by atoms with Gasteiger partial charge in [-0.25, -0.2) is 13.1 Å². The van der Waals surface area contributed by atoms with Crippen molar-refractivity contribution in [1.29, 1.82) is 0 Å². The molecule has 2 aromatic carbocycles. The number of alkyl halides is 3. The summed E-state index contributed by atoms with van der Waals surface area (Å²) in [6.07, 6.45) is -4.44. The van der Waals surface area contributed by atoms with Gasteiger partial charge in [0.1, 0.15) is 5.75 Å². The van der Waals surface area contributed by atoms with Crippen LogP contribution in [0.5, 0.6) is 5.75 Å². The zero-order chi connectivity index (χ0) is 20.8. The van der Waals surface area contributed by atoms with Crippen molar-refractivity contribution in [2.75, 3.05) is 13.2 Å². The Kier molecular flexibility index (Phi) is 7.03. The van der Waals surface area contributed by atoms with Gasteiger partial charge in [-0.3, -0.25) is 4.79 Å². The van der Waals surface area contributed by atoms with Crippen LogP contribution in [0.1, 0.15) is 22.8 Å². The van der Waals surface area contributed by atoms with Gasteiger partial charge in [0.2, 0.25) is 10.0 Å². The largest absolute Gasteiger partial charge is 0.484 e. The normalized spacial score (nSPS) is 11.9. The molecule has 0 fully saturated rings. The van der Waals surface area contributed by atoms with E-state index in [0.717, 1.165) is 0 Å². The number of rotatable bonds is 8. The van der Waals surface area contributed by atoms with Gasteiger partial charge in [0.05, 0.1) is 4.90 Å². The molecule has 0 radical (unpaired) electrons. The van der Waals surface area contributed by atoms with E-state index in [2.05, 4.69) is 14.8 Å². The van der Waals surface area contributed by atoms with Gasteiger partial charge in [0, 0.05) is 18.7 Å². The molecule has 0 saturated heterocycles. The zero-order valence-electron chi connectivity index (χ0n) is 14.9.